The molecule has 0 aliphatic carbocycles. The topological polar surface area (TPSA) is 36.0 Å². The Morgan fingerprint density at radius 2 is 1.62 bits per heavy atom. The summed E-state index contributed by atoms with van der Waals surface area (Å²) in [6, 6.07) is 10.9. The molecule has 5 nitrogen and oxygen atoms in total. The molecule has 2 saturated heterocycles. The summed E-state index contributed by atoms with van der Waals surface area (Å²) in [5.74, 6) is -0.358. The van der Waals surface area contributed by atoms with Crippen LogP contribution in [0, 0.1) is 6.92 Å². The minimum atomic E-state index is -4.50. The number of aryl methyl sites for hydroxylation is 1. The van der Waals surface area contributed by atoms with E-state index < -0.39 is 11.7 Å². The van der Waals surface area contributed by atoms with E-state index in [-0.39, 0.29) is 29.7 Å². The minimum absolute atomic E-state index is 0.0816. The molecule has 0 aromatic heterocycles. The Bertz CT molecular complexity index is 1070. The van der Waals surface area contributed by atoms with E-state index in [2.05, 4.69) is 23.6 Å². The number of benzene rings is 2. The average Bonchev–Trinajstić information content (AvgIpc) is 2.82. The van der Waals surface area contributed by atoms with Crippen LogP contribution < -0.4 is 0 Å². The Hall–Kier alpha value is -2.13. The molecule has 202 valence electrons. The lowest BCUT2D eigenvalue weighted by atomic mass is 9.99. The maximum absolute atomic E-state index is 13.6. The standard InChI is InChI=1S/C28H35ClF3N3O2/c1-19-12-23(15-24(13-19)28(30,31)32)27(36)35-11-10-33(8-9-34-16-20(2)37-21(3)17-34)18-26(35)14-22-4-6-25(29)7-5-22/h4-7,12-13,15,20-21,26H,8-11,14,16-18H2,1-3H3/t20-,21+,26?. The van der Waals surface area contributed by atoms with Crippen molar-refractivity contribution < 1.29 is 22.7 Å². The summed E-state index contributed by atoms with van der Waals surface area (Å²) in [4.78, 5) is 20.1. The van der Waals surface area contributed by atoms with Crippen molar-refractivity contribution in [2.75, 3.05) is 45.8 Å². The molecule has 2 aromatic carbocycles. The number of alkyl halides is 3. The molecule has 0 saturated carbocycles. The summed E-state index contributed by atoms with van der Waals surface area (Å²) in [7, 11) is 0. The normalized spacial score (nSPS) is 23.9. The van der Waals surface area contributed by atoms with Crippen LogP contribution in [0.5, 0.6) is 0 Å². The maximum Gasteiger partial charge on any atom is 0.416 e. The van der Waals surface area contributed by atoms with Crippen LogP contribution in [0.3, 0.4) is 0 Å². The van der Waals surface area contributed by atoms with Gasteiger partial charge in [-0.2, -0.15) is 13.2 Å². The lowest BCUT2D eigenvalue weighted by Gasteiger charge is -2.43. The molecule has 1 unspecified atom stereocenters. The van der Waals surface area contributed by atoms with Crippen molar-refractivity contribution in [1.82, 2.24) is 14.7 Å². The lowest BCUT2D eigenvalue weighted by Crippen LogP contribution is -2.57. The zero-order chi connectivity index (χ0) is 26.7. The van der Waals surface area contributed by atoms with Crippen molar-refractivity contribution in [3.8, 4) is 0 Å². The quantitative estimate of drug-likeness (QED) is 0.511. The molecule has 3 atom stereocenters. The molecule has 0 N–H and O–H groups in total. The fourth-order valence-electron chi connectivity index (χ4n) is 5.44. The van der Waals surface area contributed by atoms with Crippen LogP contribution in [0.25, 0.3) is 0 Å². The summed E-state index contributed by atoms with van der Waals surface area (Å²) < 4.78 is 46.1. The number of halogens is 4. The summed E-state index contributed by atoms with van der Waals surface area (Å²) >= 11 is 6.06. The van der Waals surface area contributed by atoms with Gasteiger partial charge in [0.2, 0.25) is 0 Å². The SMILES string of the molecule is Cc1cc(C(=O)N2CCN(CCN3C[C@@H](C)O[C@@H](C)C3)CC2Cc2ccc(Cl)cc2)cc(C(F)(F)F)c1. The van der Waals surface area contributed by atoms with E-state index in [4.69, 9.17) is 16.3 Å². The second kappa shape index (κ2) is 11.7. The second-order valence-corrected chi connectivity index (χ2v) is 10.8. The zero-order valence-electron chi connectivity index (χ0n) is 21.6. The van der Waals surface area contributed by atoms with Gasteiger partial charge in [-0.1, -0.05) is 23.7 Å². The predicted molar refractivity (Wildman–Crippen MR) is 139 cm³/mol. The molecule has 9 heteroatoms. The number of carbonyl (C=O) groups is 1. The van der Waals surface area contributed by atoms with Crippen LogP contribution in [0.1, 0.15) is 40.9 Å². The number of hydrogen-bond donors (Lipinski definition) is 0. The molecule has 37 heavy (non-hydrogen) atoms. The largest absolute Gasteiger partial charge is 0.416 e. The zero-order valence-corrected chi connectivity index (χ0v) is 22.4. The molecule has 2 aliphatic heterocycles. The Labute approximate surface area is 222 Å². The highest BCUT2D eigenvalue weighted by atomic mass is 35.5. The molecule has 0 bridgehead atoms. The van der Waals surface area contributed by atoms with Crippen LogP contribution >= 0.6 is 11.6 Å². The maximum atomic E-state index is 13.6. The van der Waals surface area contributed by atoms with Crippen molar-refractivity contribution in [2.45, 2.75) is 51.6 Å². The number of hydrogen-bond acceptors (Lipinski definition) is 4. The van der Waals surface area contributed by atoms with Gasteiger partial charge < -0.3 is 9.64 Å². The second-order valence-electron chi connectivity index (χ2n) is 10.4. The van der Waals surface area contributed by atoms with Crippen LogP contribution in [0.4, 0.5) is 13.2 Å². The van der Waals surface area contributed by atoms with Crippen molar-refractivity contribution in [2.24, 2.45) is 0 Å². The highest BCUT2D eigenvalue weighted by molar-refractivity contribution is 6.30. The van der Waals surface area contributed by atoms with Gasteiger partial charge in [-0.05, 0) is 68.7 Å². The third-order valence-electron chi connectivity index (χ3n) is 7.09. The van der Waals surface area contributed by atoms with E-state index in [1.54, 1.807) is 17.9 Å². The third kappa shape index (κ3) is 7.47. The van der Waals surface area contributed by atoms with Gasteiger partial charge in [0.25, 0.3) is 5.91 Å². The molecule has 2 fully saturated rings. The lowest BCUT2D eigenvalue weighted by molar-refractivity contribution is -0.137. The molecule has 2 aliphatic rings. The first-order valence-corrected chi connectivity index (χ1v) is 13.2. The fraction of sp³-hybridized carbons (Fsp3) is 0.536. The molecule has 1 amide bonds. The van der Waals surface area contributed by atoms with E-state index in [0.29, 0.717) is 36.6 Å². The molecule has 2 aromatic rings. The summed E-state index contributed by atoms with van der Waals surface area (Å²) in [5, 5.41) is 0.635. The smallest absolute Gasteiger partial charge is 0.373 e. The minimum Gasteiger partial charge on any atom is -0.373 e. The molecular weight excluding hydrogens is 503 g/mol. The number of rotatable bonds is 6. The Morgan fingerprint density at radius 1 is 0.973 bits per heavy atom. The van der Waals surface area contributed by atoms with Crippen LogP contribution in [-0.2, 0) is 17.3 Å². The van der Waals surface area contributed by atoms with Gasteiger partial charge in [0.05, 0.1) is 17.8 Å². The summed E-state index contributed by atoms with van der Waals surface area (Å²) in [6.45, 7) is 11.1. The van der Waals surface area contributed by atoms with Crippen molar-refractivity contribution >= 4 is 17.5 Å². The predicted octanol–water partition coefficient (Wildman–Crippen LogP) is 5.15. The molecule has 2 heterocycles. The van der Waals surface area contributed by atoms with Crippen molar-refractivity contribution in [3.63, 3.8) is 0 Å². The van der Waals surface area contributed by atoms with Gasteiger partial charge in [-0.3, -0.25) is 14.6 Å². The number of nitrogens with zero attached hydrogens (tertiary/aromatic N) is 3. The highest BCUT2D eigenvalue weighted by Crippen LogP contribution is 2.31. The fourth-order valence-corrected chi connectivity index (χ4v) is 5.57. The van der Waals surface area contributed by atoms with E-state index in [9.17, 15) is 18.0 Å². The van der Waals surface area contributed by atoms with E-state index >= 15 is 0 Å². The Balaban J connectivity index is 1.50. The van der Waals surface area contributed by atoms with Crippen LogP contribution in [0.2, 0.25) is 5.02 Å². The summed E-state index contributed by atoms with van der Waals surface area (Å²) in [5.41, 5.74) is 0.737. The van der Waals surface area contributed by atoms with Gasteiger partial charge in [0.1, 0.15) is 0 Å². The van der Waals surface area contributed by atoms with Gasteiger partial charge in [-0.15, -0.1) is 0 Å². The van der Waals surface area contributed by atoms with Crippen LogP contribution in [-0.4, -0.2) is 84.7 Å². The number of morpholine rings is 1. The molecule has 0 radical (unpaired) electrons. The Morgan fingerprint density at radius 3 is 2.27 bits per heavy atom. The first kappa shape index (κ1) is 27.9. The molecule has 0 spiro atoms. The van der Waals surface area contributed by atoms with Gasteiger partial charge >= 0.3 is 6.18 Å². The number of piperazine rings is 1. The van der Waals surface area contributed by atoms with Crippen molar-refractivity contribution in [3.05, 3.63) is 69.7 Å². The average molecular weight is 538 g/mol. The van der Waals surface area contributed by atoms with Gasteiger partial charge in [0, 0.05) is 62.4 Å². The van der Waals surface area contributed by atoms with Crippen LogP contribution in [0.15, 0.2) is 42.5 Å². The number of amides is 1. The highest BCUT2D eigenvalue weighted by Gasteiger charge is 2.35. The monoisotopic (exact) mass is 537 g/mol. The molecular formula is C28H35ClF3N3O2. The first-order chi connectivity index (χ1) is 17.5. The summed E-state index contributed by atoms with van der Waals surface area (Å²) in [6.07, 6.45) is -3.50. The number of ether oxygens (including phenoxy) is 1. The first-order valence-electron chi connectivity index (χ1n) is 12.8. The van der Waals surface area contributed by atoms with E-state index in [1.165, 1.54) is 0 Å². The Kier molecular flexibility index (Phi) is 8.84. The molecule has 4 rings (SSSR count). The third-order valence-corrected chi connectivity index (χ3v) is 7.34. The van der Waals surface area contributed by atoms with Gasteiger partial charge in [0.15, 0.2) is 0 Å². The number of carbonyl (C=O) groups excluding carboxylic acids is 1. The van der Waals surface area contributed by atoms with Gasteiger partial charge in [-0.25, -0.2) is 0 Å². The van der Waals surface area contributed by atoms with E-state index in [1.807, 2.05) is 24.3 Å². The van der Waals surface area contributed by atoms with E-state index in [0.717, 1.165) is 43.9 Å². The van der Waals surface area contributed by atoms with Crippen molar-refractivity contribution in [1.29, 1.82) is 0 Å².